The molecule has 4 aliphatic rings. The minimum absolute atomic E-state index is 0.0194. The maximum Gasteiger partial charge on any atom is 0.394 e. The van der Waals surface area contributed by atoms with Crippen LogP contribution in [0.15, 0.2) is 54.7 Å². The van der Waals surface area contributed by atoms with E-state index in [0.717, 1.165) is 11.1 Å². The van der Waals surface area contributed by atoms with E-state index in [4.69, 9.17) is 19.4 Å². The highest BCUT2D eigenvalue weighted by Crippen LogP contribution is 2.78. The molecule has 0 N–H and O–H groups in total. The first kappa shape index (κ1) is 26.8. The fraction of sp³-hybridized carbons (Fsp3) is 0.406. The molecule has 1 saturated heterocycles. The van der Waals surface area contributed by atoms with Crippen molar-refractivity contribution in [1.29, 1.82) is 5.26 Å². The molecule has 4 heterocycles. The van der Waals surface area contributed by atoms with Crippen molar-refractivity contribution in [1.82, 2.24) is 19.9 Å². The van der Waals surface area contributed by atoms with Gasteiger partial charge in [-0.2, -0.15) is 18.4 Å². The second kappa shape index (κ2) is 9.73. The van der Waals surface area contributed by atoms with Gasteiger partial charge in [-0.3, -0.25) is 0 Å². The number of halogens is 3. The van der Waals surface area contributed by atoms with Gasteiger partial charge in [0.05, 0.1) is 28.5 Å². The van der Waals surface area contributed by atoms with Gasteiger partial charge in [0.2, 0.25) is 5.88 Å². The van der Waals surface area contributed by atoms with E-state index in [-0.39, 0.29) is 31.3 Å². The molecular formula is C32H28F3N5O2. The molecule has 8 rings (SSSR count). The molecule has 1 aromatic carbocycles. The Morgan fingerprint density at radius 1 is 1.07 bits per heavy atom. The number of nitriles is 1. The van der Waals surface area contributed by atoms with Crippen molar-refractivity contribution in [2.45, 2.75) is 69.2 Å². The molecule has 7 nitrogen and oxygen atoms in total. The molecule has 0 amide bonds. The standard InChI is InChI=1S/C32H28F3N5O2/c1-19-23(13-36)11-24-27(30-16-31(17-30,18-30)32(33,34)35)39-28(40-29(24)38-19)21-9-10-41-25(12-21)22-7-8-26(37-14-22)42-15-20-5-3-2-4-6-20/h2-8,11,14,21,25H,9-10,12,15-18H2,1H3/t21-,25+,30?,31?/m0/s1. The maximum absolute atomic E-state index is 13.7. The van der Waals surface area contributed by atoms with E-state index in [9.17, 15) is 18.4 Å². The zero-order chi connectivity index (χ0) is 29.1. The minimum atomic E-state index is -4.23. The Kier molecular flexibility index (Phi) is 6.21. The van der Waals surface area contributed by atoms with Crippen LogP contribution in [0.5, 0.6) is 5.88 Å². The van der Waals surface area contributed by atoms with Gasteiger partial charge >= 0.3 is 6.18 Å². The minimum Gasteiger partial charge on any atom is -0.473 e. The molecule has 2 bridgehead atoms. The lowest BCUT2D eigenvalue weighted by Gasteiger charge is -2.70. The van der Waals surface area contributed by atoms with Gasteiger partial charge < -0.3 is 9.47 Å². The third-order valence-corrected chi connectivity index (χ3v) is 9.16. The van der Waals surface area contributed by atoms with Crippen LogP contribution in [0, 0.1) is 23.7 Å². The Bertz CT molecular complexity index is 1680. The third kappa shape index (κ3) is 4.38. The number of benzene rings is 1. The maximum atomic E-state index is 13.7. The molecule has 42 heavy (non-hydrogen) atoms. The summed E-state index contributed by atoms with van der Waals surface area (Å²) < 4.78 is 53.0. The number of aryl methyl sites for hydroxylation is 1. The van der Waals surface area contributed by atoms with Crippen molar-refractivity contribution in [3.8, 4) is 11.9 Å². The Morgan fingerprint density at radius 3 is 2.55 bits per heavy atom. The molecule has 4 aromatic rings. The SMILES string of the molecule is Cc1nc2nc([C@H]3CCO[C@@H](c4ccc(OCc5ccccc5)nc4)C3)nc(C34CC(C(F)(F)F)(C3)C4)c2cc1C#N. The molecule has 10 heteroatoms. The summed E-state index contributed by atoms with van der Waals surface area (Å²) in [6.45, 7) is 2.65. The number of rotatable bonds is 6. The number of ether oxygens (including phenoxy) is 2. The topological polar surface area (TPSA) is 93.8 Å². The van der Waals surface area contributed by atoms with E-state index in [1.807, 2.05) is 42.5 Å². The number of aromatic nitrogens is 4. The highest BCUT2D eigenvalue weighted by atomic mass is 19.4. The molecule has 0 radical (unpaired) electrons. The first-order valence-corrected chi connectivity index (χ1v) is 14.1. The number of nitrogens with zero attached hydrogens (tertiary/aromatic N) is 5. The molecular weight excluding hydrogens is 543 g/mol. The summed E-state index contributed by atoms with van der Waals surface area (Å²) >= 11 is 0. The van der Waals surface area contributed by atoms with Crippen molar-refractivity contribution in [3.63, 3.8) is 0 Å². The second-order valence-electron chi connectivity index (χ2n) is 11.9. The van der Waals surface area contributed by atoms with Crippen LogP contribution in [0.3, 0.4) is 0 Å². The third-order valence-electron chi connectivity index (χ3n) is 9.16. The van der Waals surface area contributed by atoms with Crippen LogP contribution >= 0.6 is 0 Å². The van der Waals surface area contributed by atoms with Crippen LogP contribution in [0.1, 0.15) is 78.0 Å². The number of hydrogen-bond acceptors (Lipinski definition) is 7. The molecule has 3 aliphatic carbocycles. The fourth-order valence-electron chi connectivity index (χ4n) is 6.86. The van der Waals surface area contributed by atoms with Gasteiger partial charge in [0.15, 0.2) is 5.65 Å². The van der Waals surface area contributed by atoms with Crippen molar-refractivity contribution in [3.05, 3.63) is 88.6 Å². The number of pyridine rings is 2. The summed E-state index contributed by atoms with van der Waals surface area (Å²) in [4.78, 5) is 18.8. The van der Waals surface area contributed by atoms with Crippen molar-refractivity contribution in [2.75, 3.05) is 6.61 Å². The predicted octanol–water partition coefficient (Wildman–Crippen LogP) is 6.80. The number of hydrogen-bond donors (Lipinski definition) is 0. The Balaban J connectivity index is 1.14. The van der Waals surface area contributed by atoms with E-state index in [0.29, 0.717) is 65.7 Å². The first-order valence-electron chi connectivity index (χ1n) is 14.1. The molecule has 4 fully saturated rings. The Hall–Kier alpha value is -4.10. The summed E-state index contributed by atoms with van der Waals surface area (Å²) in [6, 6.07) is 17.5. The molecule has 3 saturated carbocycles. The Morgan fingerprint density at radius 2 is 1.86 bits per heavy atom. The van der Waals surface area contributed by atoms with Gasteiger partial charge in [0.1, 0.15) is 18.5 Å². The Labute approximate surface area is 240 Å². The summed E-state index contributed by atoms with van der Waals surface area (Å²) in [5.74, 6) is 1.03. The largest absolute Gasteiger partial charge is 0.473 e. The van der Waals surface area contributed by atoms with Crippen molar-refractivity contribution >= 4 is 11.0 Å². The average Bonchev–Trinajstić information content (AvgIpc) is 2.94. The van der Waals surface area contributed by atoms with Crippen LogP contribution in [0.2, 0.25) is 0 Å². The van der Waals surface area contributed by atoms with Gasteiger partial charge in [0, 0.05) is 35.6 Å². The molecule has 3 aromatic heterocycles. The molecule has 0 unspecified atom stereocenters. The van der Waals surface area contributed by atoms with E-state index in [1.54, 1.807) is 19.2 Å². The monoisotopic (exact) mass is 571 g/mol. The predicted molar refractivity (Wildman–Crippen MR) is 146 cm³/mol. The highest BCUT2D eigenvalue weighted by Gasteiger charge is 2.79. The van der Waals surface area contributed by atoms with Crippen LogP contribution in [0.25, 0.3) is 11.0 Å². The quantitative estimate of drug-likeness (QED) is 0.251. The first-order chi connectivity index (χ1) is 20.2. The van der Waals surface area contributed by atoms with Crippen LogP contribution < -0.4 is 4.74 Å². The lowest BCUT2D eigenvalue weighted by atomic mass is 9.33. The second-order valence-corrected chi connectivity index (χ2v) is 11.9. The van der Waals surface area contributed by atoms with E-state index < -0.39 is 17.0 Å². The fourth-order valence-corrected chi connectivity index (χ4v) is 6.86. The van der Waals surface area contributed by atoms with E-state index >= 15 is 0 Å². The number of alkyl halides is 3. The molecule has 1 aliphatic heterocycles. The van der Waals surface area contributed by atoms with E-state index in [2.05, 4.69) is 16.0 Å². The lowest BCUT2D eigenvalue weighted by Crippen LogP contribution is -2.70. The zero-order valence-corrected chi connectivity index (χ0v) is 23.0. The van der Waals surface area contributed by atoms with E-state index in [1.165, 1.54) is 0 Å². The van der Waals surface area contributed by atoms with Gasteiger partial charge in [-0.1, -0.05) is 30.3 Å². The van der Waals surface area contributed by atoms with Crippen molar-refractivity contribution in [2.24, 2.45) is 5.41 Å². The van der Waals surface area contributed by atoms with Crippen LogP contribution in [-0.2, 0) is 16.8 Å². The molecule has 2 atom stereocenters. The summed E-state index contributed by atoms with van der Waals surface area (Å²) in [7, 11) is 0. The molecule has 0 spiro atoms. The number of fused-ring (bicyclic) bond motifs is 1. The zero-order valence-electron chi connectivity index (χ0n) is 23.0. The van der Waals surface area contributed by atoms with Crippen LogP contribution in [-0.4, -0.2) is 32.7 Å². The highest BCUT2D eigenvalue weighted by molar-refractivity contribution is 5.81. The molecule has 214 valence electrons. The summed E-state index contributed by atoms with van der Waals surface area (Å²) in [5.41, 5.74) is 1.64. The smallest absolute Gasteiger partial charge is 0.394 e. The van der Waals surface area contributed by atoms with Crippen molar-refractivity contribution < 1.29 is 22.6 Å². The lowest BCUT2D eigenvalue weighted by molar-refractivity contribution is -0.337. The summed E-state index contributed by atoms with van der Waals surface area (Å²) in [6.07, 6.45) is -1.36. The average molecular weight is 572 g/mol. The summed E-state index contributed by atoms with van der Waals surface area (Å²) in [5, 5.41) is 10.2. The van der Waals surface area contributed by atoms with Gasteiger partial charge in [-0.15, -0.1) is 0 Å². The van der Waals surface area contributed by atoms with Gasteiger partial charge in [0.25, 0.3) is 0 Å². The van der Waals surface area contributed by atoms with Gasteiger partial charge in [-0.05, 0) is 62.3 Å². The van der Waals surface area contributed by atoms with Gasteiger partial charge in [-0.25, -0.2) is 19.9 Å². The normalized spacial score (nSPS) is 26.6. The van der Waals surface area contributed by atoms with Crippen LogP contribution in [0.4, 0.5) is 13.2 Å².